The molecule has 0 aliphatic carbocycles. The van der Waals surface area contributed by atoms with Gasteiger partial charge in [-0.15, -0.1) is 0 Å². The number of hydrogen-bond donors (Lipinski definition) is 0. The number of ether oxygens (including phenoxy) is 2. The van der Waals surface area contributed by atoms with E-state index in [2.05, 4.69) is 13.8 Å². The average molecular weight is 361 g/mol. The number of piperidine rings is 1. The summed E-state index contributed by atoms with van der Waals surface area (Å²) in [6.45, 7) is 8.28. The van der Waals surface area contributed by atoms with Crippen molar-refractivity contribution in [2.75, 3.05) is 19.7 Å². The first-order valence-corrected chi connectivity index (χ1v) is 9.64. The minimum atomic E-state index is -0.577. The summed E-state index contributed by atoms with van der Waals surface area (Å²) in [5, 5.41) is 0. The molecule has 2 rings (SSSR count). The molecule has 1 atom stereocenters. The molecule has 0 aromatic heterocycles. The average Bonchev–Trinajstić information content (AvgIpc) is 2.66. The van der Waals surface area contributed by atoms with Crippen molar-refractivity contribution < 1.29 is 19.1 Å². The smallest absolute Gasteiger partial charge is 0.335 e. The van der Waals surface area contributed by atoms with Crippen molar-refractivity contribution in [1.82, 2.24) is 4.90 Å². The zero-order chi connectivity index (χ0) is 18.9. The fourth-order valence-electron chi connectivity index (χ4n) is 2.89. The fourth-order valence-corrected chi connectivity index (χ4v) is 2.89. The highest BCUT2D eigenvalue weighted by Gasteiger charge is 2.19. The van der Waals surface area contributed by atoms with E-state index in [4.69, 9.17) is 9.47 Å². The van der Waals surface area contributed by atoms with Crippen LogP contribution < -0.4 is 0 Å². The van der Waals surface area contributed by atoms with E-state index in [-0.39, 0.29) is 18.5 Å². The van der Waals surface area contributed by atoms with Gasteiger partial charge in [0.2, 0.25) is 0 Å². The third-order valence-corrected chi connectivity index (χ3v) is 4.59. The van der Waals surface area contributed by atoms with Crippen molar-refractivity contribution in [2.24, 2.45) is 5.92 Å². The van der Waals surface area contributed by atoms with Crippen LogP contribution in [-0.2, 0) is 20.9 Å². The Balaban J connectivity index is 1.84. The van der Waals surface area contributed by atoms with Gasteiger partial charge in [0.05, 0.1) is 0 Å². The number of carbonyl (C=O) groups excluding carboxylic acids is 2. The van der Waals surface area contributed by atoms with Crippen molar-refractivity contribution in [2.45, 2.75) is 59.2 Å². The third-order valence-electron chi connectivity index (χ3n) is 4.59. The largest absolute Gasteiger partial charge is 0.459 e. The van der Waals surface area contributed by atoms with Crippen LogP contribution in [0.3, 0.4) is 0 Å². The minimum Gasteiger partial charge on any atom is -0.459 e. The summed E-state index contributed by atoms with van der Waals surface area (Å²) in [4.78, 5) is 26.5. The quantitative estimate of drug-likeness (QED) is 0.661. The molecular weight excluding hydrogens is 330 g/mol. The summed E-state index contributed by atoms with van der Waals surface area (Å²) in [6.07, 6.45) is 3.66. The maximum atomic E-state index is 12.6. The predicted molar refractivity (Wildman–Crippen MR) is 101 cm³/mol. The molecule has 5 nitrogen and oxygen atoms in total. The van der Waals surface area contributed by atoms with Gasteiger partial charge in [-0.1, -0.05) is 26.0 Å². The number of esters is 1. The van der Waals surface area contributed by atoms with Crippen LogP contribution in [0.25, 0.3) is 0 Å². The van der Waals surface area contributed by atoms with Crippen molar-refractivity contribution in [3.63, 3.8) is 0 Å². The monoisotopic (exact) mass is 361 g/mol. The zero-order valence-electron chi connectivity index (χ0n) is 16.2. The molecule has 1 saturated heterocycles. The van der Waals surface area contributed by atoms with Gasteiger partial charge in [0, 0.05) is 25.3 Å². The van der Waals surface area contributed by atoms with E-state index in [1.807, 2.05) is 29.2 Å². The van der Waals surface area contributed by atoms with Crippen LogP contribution in [0.5, 0.6) is 0 Å². The van der Waals surface area contributed by atoms with Crippen LogP contribution in [0.4, 0.5) is 0 Å². The molecule has 1 fully saturated rings. The Kier molecular flexibility index (Phi) is 8.10. The summed E-state index contributed by atoms with van der Waals surface area (Å²) >= 11 is 0. The topological polar surface area (TPSA) is 55.8 Å². The third kappa shape index (κ3) is 6.45. The van der Waals surface area contributed by atoms with Gasteiger partial charge in [-0.25, -0.2) is 4.79 Å². The summed E-state index contributed by atoms with van der Waals surface area (Å²) < 4.78 is 10.8. The zero-order valence-corrected chi connectivity index (χ0v) is 16.2. The number of nitrogens with zero attached hydrogens (tertiary/aromatic N) is 1. The first-order valence-electron chi connectivity index (χ1n) is 9.64. The first kappa shape index (κ1) is 20.4. The number of amides is 1. The number of likely N-dealkylation sites (tertiary alicyclic amines) is 1. The molecule has 1 aliphatic heterocycles. The van der Waals surface area contributed by atoms with E-state index in [1.165, 1.54) is 6.42 Å². The van der Waals surface area contributed by atoms with E-state index in [9.17, 15) is 9.59 Å². The van der Waals surface area contributed by atoms with Crippen molar-refractivity contribution >= 4 is 11.9 Å². The van der Waals surface area contributed by atoms with E-state index in [0.29, 0.717) is 18.1 Å². The molecule has 1 aromatic carbocycles. The number of carbonyl (C=O) groups is 2. The van der Waals surface area contributed by atoms with Gasteiger partial charge in [0.25, 0.3) is 5.91 Å². The molecule has 1 unspecified atom stereocenters. The van der Waals surface area contributed by atoms with Crippen LogP contribution in [0, 0.1) is 5.92 Å². The maximum Gasteiger partial charge on any atom is 0.335 e. The Morgan fingerprint density at radius 2 is 1.85 bits per heavy atom. The molecule has 0 saturated carbocycles. The highest BCUT2D eigenvalue weighted by atomic mass is 16.6. The summed E-state index contributed by atoms with van der Waals surface area (Å²) in [5.74, 6) is 0.225. The van der Waals surface area contributed by atoms with Crippen molar-refractivity contribution in [1.29, 1.82) is 0 Å². The first-order chi connectivity index (χ1) is 12.5. The van der Waals surface area contributed by atoms with Gasteiger partial charge in [0.1, 0.15) is 6.61 Å². The van der Waals surface area contributed by atoms with Crippen molar-refractivity contribution in [3.8, 4) is 0 Å². The molecule has 5 heteroatoms. The Morgan fingerprint density at radius 1 is 1.12 bits per heavy atom. The molecule has 0 radical (unpaired) electrons. The molecule has 1 aliphatic rings. The van der Waals surface area contributed by atoms with E-state index in [1.54, 1.807) is 6.92 Å². The lowest BCUT2D eigenvalue weighted by Gasteiger charge is -2.26. The second-order valence-corrected chi connectivity index (χ2v) is 7.36. The lowest BCUT2D eigenvalue weighted by atomic mass is 10.1. The Labute approximate surface area is 156 Å². The number of benzene rings is 1. The molecule has 0 spiro atoms. The highest BCUT2D eigenvalue weighted by Crippen LogP contribution is 2.15. The molecule has 26 heavy (non-hydrogen) atoms. The van der Waals surface area contributed by atoms with Gasteiger partial charge in [0.15, 0.2) is 6.10 Å². The van der Waals surface area contributed by atoms with Crippen LogP contribution in [0.2, 0.25) is 0 Å². The van der Waals surface area contributed by atoms with Crippen LogP contribution in [0.15, 0.2) is 24.3 Å². The minimum absolute atomic E-state index is 0.0586. The SMILES string of the molecule is CC(C)CCOC(C)C(=O)OCc1cccc(C(=O)N2CCCCC2)c1. The van der Waals surface area contributed by atoms with E-state index >= 15 is 0 Å². The van der Waals surface area contributed by atoms with Gasteiger partial charge in [-0.2, -0.15) is 0 Å². The summed E-state index contributed by atoms with van der Waals surface area (Å²) in [7, 11) is 0. The molecule has 1 heterocycles. The Bertz CT molecular complexity index is 593. The fraction of sp³-hybridized carbons (Fsp3) is 0.619. The Morgan fingerprint density at radius 3 is 2.54 bits per heavy atom. The highest BCUT2D eigenvalue weighted by molar-refractivity contribution is 5.94. The molecule has 1 amide bonds. The maximum absolute atomic E-state index is 12.6. The van der Waals surface area contributed by atoms with E-state index < -0.39 is 6.10 Å². The van der Waals surface area contributed by atoms with Crippen molar-refractivity contribution in [3.05, 3.63) is 35.4 Å². The molecular formula is C21H31NO4. The summed E-state index contributed by atoms with van der Waals surface area (Å²) in [6, 6.07) is 7.34. The molecule has 144 valence electrons. The Hall–Kier alpha value is -1.88. The van der Waals surface area contributed by atoms with Gasteiger partial charge in [-0.3, -0.25) is 4.79 Å². The standard InChI is InChI=1S/C21H31NO4/c1-16(2)10-13-25-17(3)21(24)26-15-18-8-7-9-19(14-18)20(23)22-11-5-4-6-12-22/h7-9,14,16-17H,4-6,10-13,15H2,1-3H3. The lowest BCUT2D eigenvalue weighted by molar-refractivity contribution is -0.157. The lowest BCUT2D eigenvalue weighted by Crippen LogP contribution is -2.35. The number of hydrogen-bond acceptors (Lipinski definition) is 4. The van der Waals surface area contributed by atoms with Crippen LogP contribution in [-0.4, -0.2) is 42.6 Å². The predicted octanol–water partition coefficient (Wildman–Crippen LogP) is 3.81. The van der Waals surface area contributed by atoms with Crippen LogP contribution in [0.1, 0.15) is 62.4 Å². The molecule has 0 bridgehead atoms. The second-order valence-electron chi connectivity index (χ2n) is 7.36. The molecule has 0 N–H and O–H groups in total. The number of rotatable bonds is 8. The summed E-state index contributed by atoms with van der Waals surface area (Å²) in [5.41, 5.74) is 1.47. The van der Waals surface area contributed by atoms with Gasteiger partial charge >= 0.3 is 5.97 Å². The van der Waals surface area contributed by atoms with Gasteiger partial charge in [-0.05, 0) is 56.2 Å². The van der Waals surface area contributed by atoms with Crippen LogP contribution >= 0.6 is 0 Å². The molecule has 1 aromatic rings. The van der Waals surface area contributed by atoms with Gasteiger partial charge < -0.3 is 14.4 Å². The normalized spacial score (nSPS) is 15.8. The second kappa shape index (κ2) is 10.3. The van der Waals surface area contributed by atoms with E-state index in [0.717, 1.165) is 37.9 Å².